The maximum absolute atomic E-state index is 4.89. The van der Waals surface area contributed by atoms with Crippen LogP contribution in [0.1, 0.15) is 11.4 Å². The first-order chi connectivity index (χ1) is 13.2. The summed E-state index contributed by atoms with van der Waals surface area (Å²) in [5.41, 5.74) is 7.42. The Kier molecular flexibility index (Phi) is 3.65. The van der Waals surface area contributed by atoms with Gasteiger partial charge in [0, 0.05) is 41.6 Å². The highest BCUT2D eigenvalue weighted by molar-refractivity contribution is 7.14. The van der Waals surface area contributed by atoms with Crippen LogP contribution < -0.4 is 0 Å². The summed E-state index contributed by atoms with van der Waals surface area (Å²) in [4.78, 5) is 9.76. The van der Waals surface area contributed by atoms with Crippen molar-refractivity contribution in [3.63, 3.8) is 0 Å². The third kappa shape index (κ3) is 2.57. The van der Waals surface area contributed by atoms with E-state index < -0.39 is 0 Å². The zero-order valence-electron chi connectivity index (χ0n) is 15.0. The summed E-state index contributed by atoms with van der Waals surface area (Å²) in [5.74, 6) is 0. The molecule has 27 heavy (non-hydrogen) atoms. The van der Waals surface area contributed by atoms with Gasteiger partial charge in [-0.25, -0.2) is 9.50 Å². The minimum Gasteiger partial charge on any atom is -0.317 e. The zero-order valence-corrected chi connectivity index (χ0v) is 15.8. The molecule has 0 aliphatic carbocycles. The van der Waals surface area contributed by atoms with Crippen molar-refractivity contribution in [3.8, 4) is 27.5 Å². The molecule has 0 spiro atoms. The third-order valence-corrected chi connectivity index (χ3v) is 5.65. The van der Waals surface area contributed by atoms with E-state index in [4.69, 9.17) is 5.10 Å². The molecule has 0 N–H and O–H groups in total. The first-order valence-corrected chi connectivity index (χ1v) is 9.59. The predicted molar refractivity (Wildman–Crippen MR) is 108 cm³/mol. The maximum atomic E-state index is 4.89. The van der Waals surface area contributed by atoms with Gasteiger partial charge in [0.2, 0.25) is 0 Å². The van der Waals surface area contributed by atoms with Gasteiger partial charge in [-0.1, -0.05) is 0 Å². The average Bonchev–Trinajstić information content (AvgIpc) is 3.40. The van der Waals surface area contributed by atoms with E-state index in [9.17, 15) is 0 Å². The molecule has 5 heterocycles. The lowest BCUT2D eigenvalue weighted by Gasteiger charge is -2.09. The van der Waals surface area contributed by atoms with Crippen LogP contribution in [0.15, 0.2) is 66.4 Å². The summed E-state index contributed by atoms with van der Waals surface area (Å²) >= 11 is 1.70. The molecular formula is C21H17N5S. The molecule has 5 aromatic heterocycles. The molecule has 5 aromatic rings. The van der Waals surface area contributed by atoms with Crippen LogP contribution in [0, 0.1) is 13.8 Å². The molecule has 0 aromatic carbocycles. The monoisotopic (exact) mass is 371 g/mol. The Hall–Kier alpha value is -3.25. The number of nitrogens with zero attached hydrogens (tertiary/aromatic N) is 5. The zero-order chi connectivity index (χ0) is 18.4. The highest BCUT2D eigenvalue weighted by Gasteiger charge is 2.16. The number of pyridine rings is 1. The lowest BCUT2D eigenvalue weighted by atomic mass is 10.2. The van der Waals surface area contributed by atoms with E-state index in [2.05, 4.69) is 52.0 Å². The van der Waals surface area contributed by atoms with E-state index in [-0.39, 0.29) is 0 Å². The quantitative estimate of drug-likeness (QED) is 0.452. The Balaban J connectivity index is 1.70. The van der Waals surface area contributed by atoms with Gasteiger partial charge in [0.1, 0.15) is 5.69 Å². The molecule has 0 bridgehead atoms. The lowest BCUT2D eigenvalue weighted by molar-refractivity contribution is 0.945. The second-order valence-corrected chi connectivity index (χ2v) is 7.37. The van der Waals surface area contributed by atoms with Crippen molar-refractivity contribution in [1.29, 1.82) is 0 Å². The van der Waals surface area contributed by atoms with Gasteiger partial charge in [0.05, 0.1) is 16.3 Å². The van der Waals surface area contributed by atoms with E-state index in [0.29, 0.717) is 0 Å². The van der Waals surface area contributed by atoms with E-state index in [1.807, 2.05) is 35.0 Å². The van der Waals surface area contributed by atoms with Crippen LogP contribution >= 0.6 is 11.3 Å². The van der Waals surface area contributed by atoms with Gasteiger partial charge in [0.15, 0.2) is 5.65 Å². The molecule has 6 heteroatoms. The molecule has 0 atom stereocenters. The summed E-state index contributed by atoms with van der Waals surface area (Å²) in [6.45, 7) is 4.25. The minimum absolute atomic E-state index is 0.833. The predicted octanol–water partition coefficient (Wildman–Crippen LogP) is 4.93. The summed E-state index contributed by atoms with van der Waals surface area (Å²) in [7, 11) is 0. The van der Waals surface area contributed by atoms with Gasteiger partial charge in [-0.2, -0.15) is 5.10 Å². The number of hydrogen-bond donors (Lipinski definition) is 0. The molecule has 0 amide bonds. The summed E-state index contributed by atoms with van der Waals surface area (Å²) < 4.78 is 4.18. The Bertz CT molecular complexity index is 1230. The van der Waals surface area contributed by atoms with Crippen LogP contribution in [0.3, 0.4) is 0 Å². The van der Waals surface area contributed by atoms with Crippen molar-refractivity contribution < 1.29 is 0 Å². The van der Waals surface area contributed by atoms with Gasteiger partial charge in [-0.15, -0.1) is 11.3 Å². The summed E-state index contributed by atoms with van der Waals surface area (Å²) in [5, 5.41) is 7.01. The average molecular weight is 371 g/mol. The Labute approximate surface area is 160 Å². The van der Waals surface area contributed by atoms with E-state index >= 15 is 0 Å². The maximum Gasteiger partial charge on any atom is 0.156 e. The van der Waals surface area contributed by atoms with Crippen LogP contribution in [0.4, 0.5) is 0 Å². The number of aryl methyl sites for hydroxylation is 2. The molecule has 0 aliphatic heterocycles. The van der Waals surface area contributed by atoms with Gasteiger partial charge in [-0.3, -0.25) is 4.98 Å². The van der Waals surface area contributed by atoms with Crippen molar-refractivity contribution in [2.24, 2.45) is 0 Å². The molecule has 5 rings (SSSR count). The van der Waals surface area contributed by atoms with E-state index in [0.717, 1.165) is 33.2 Å². The molecule has 0 fully saturated rings. The smallest absolute Gasteiger partial charge is 0.156 e. The number of aromatic nitrogens is 5. The number of thiophene rings is 1. The second kappa shape index (κ2) is 6.17. The van der Waals surface area contributed by atoms with E-state index in [1.54, 1.807) is 23.7 Å². The minimum atomic E-state index is 0.833. The molecule has 0 radical (unpaired) electrons. The first-order valence-electron chi connectivity index (χ1n) is 8.71. The van der Waals surface area contributed by atoms with Crippen molar-refractivity contribution >= 4 is 17.0 Å². The first kappa shape index (κ1) is 16.0. The highest BCUT2D eigenvalue weighted by atomic mass is 32.1. The summed E-state index contributed by atoms with van der Waals surface area (Å²) in [6.07, 6.45) is 5.41. The second-order valence-electron chi connectivity index (χ2n) is 6.45. The van der Waals surface area contributed by atoms with Crippen LogP contribution in [0.25, 0.3) is 33.2 Å². The standard InChI is InChI=1S/C21H17N5S/c1-14-3-4-15(2)25(14)19-8-12-27-21(19)17-13-20-23-11-7-18(26(20)24-17)16-5-9-22-10-6-16/h3-13H,1-2H3. The molecule has 132 valence electrons. The summed E-state index contributed by atoms with van der Waals surface area (Å²) in [6, 6.07) is 14.4. The highest BCUT2D eigenvalue weighted by Crippen LogP contribution is 2.34. The van der Waals surface area contributed by atoms with Gasteiger partial charge >= 0.3 is 0 Å². The largest absolute Gasteiger partial charge is 0.317 e. The van der Waals surface area contributed by atoms with Gasteiger partial charge in [0.25, 0.3) is 0 Å². The van der Waals surface area contributed by atoms with Crippen LogP contribution in [-0.4, -0.2) is 24.1 Å². The molecular weight excluding hydrogens is 354 g/mol. The fraction of sp³-hybridized carbons (Fsp3) is 0.0952. The third-order valence-electron chi connectivity index (χ3n) is 4.72. The Morgan fingerprint density at radius 3 is 2.44 bits per heavy atom. The normalized spacial score (nSPS) is 11.3. The van der Waals surface area contributed by atoms with Crippen LogP contribution in [0.2, 0.25) is 0 Å². The van der Waals surface area contributed by atoms with Crippen LogP contribution in [0.5, 0.6) is 0 Å². The SMILES string of the molecule is Cc1ccc(C)n1-c1ccsc1-c1cc2nccc(-c3ccncc3)n2n1. The molecule has 0 saturated carbocycles. The fourth-order valence-electron chi connectivity index (χ4n) is 3.47. The van der Waals surface area contributed by atoms with Crippen molar-refractivity contribution in [2.45, 2.75) is 13.8 Å². The van der Waals surface area contributed by atoms with Crippen LogP contribution in [-0.2, 0) is 0 Å². The van der Waals surface area contributed by atoms with Crippen molar-refractivity contribution in [1.82, 2.24) is 24.1 Å². The van der Waals surface area contributed by atoms with Gasteiger partial charge < -0.3 is 4.57 Å². The fourth-order valence-corrected chi connectivity index (χ4v) is 4.30. The van der Waals surface area contributed by atoms with Crippen molar-refractivity contribution in [3.05, 3.63) is 77.8 Å². The number of fused-ring (bicyclic) bond motifs is 1. The van der Waals surface area contributed by atoms with Crippen molar-refractivity contribution in [2.75, 3.05) is 0 Å². The molecule has 0 saturated heterocycles. The molecule has 0 aliphatic rings. The molecule has 0 unspecified atom stereocenters. The van der Waals surface area contributed by atoms with E-state index in [1.165, 1.54) is 11.4 Å². The van der Waals surface area contributed by atoms with Gasteiger partial charge in [-0.05, 0) is 55.6 Å². The topological polar surface area (TPSA) is 48.0 Å². The number of hydrogen-bond acceptors (Lipinski definition) is 4. The number of rotatable bonds is 3. The Morgan fingerprint density at radius 2 is 1.67 bits per heavy atom. The lowest BCUT2D eigenvalue weighted by Crippen LogP contribution is -1.99. The molecule has 5 nitrogen and oxygen atoms in total. The Morgan fingerprint density at radius 1 is 0.889 bits per heavy atom.